The lowest BCUT2D eigenvalue weighted by molar-refractivity contribution is -0.139. The molecular weight excluding hydrogens is 587 g/mol. The monoisotopic (exact) mass is 627 g/mol. The molecule has 0 aliphatic carbocycles. The smallest absolute Gasteiger partial charge is 0.264 e. The highest BCUT2D eigenvalue weighted by Crippen LogP contribution is 2.28. The minimum atomic E-state index is -4.16. The maximum Gasteiger partial charge on any atom is 0.264 e. The molecule has 0 heterocycles. The van der Waals surface area contributed by atoms with Crippen LogP contribution < -0.4 is 19.1 Å². The van der Waals surface area contributed by atoms with E-state index in [9.17, 15) is 18.0 Å². The number of unbranched alkanes of at least 4 members (excludes halogenated alkanes) is 1. The van der Waals surface area contributed by atoms with Gasteiger partial charge in [0.25, 0.3) is 10.0 Å². The summed E-state index contributed by atoms with van der Waals surface area (Å²) in [7, 11) is -2.59. The van der Waals surface area contributed by atoms with E-state index in [-0.39, 0.29) is 17.3 Å². The molecular formula is C32H41N3O6S2. The van der Waals surface area contributed by atoms with Crippen molar-refractivity contribution < 1.29 is 27.5 Å². The van der Waals surface area contributed by atoms with Crippen molar-refractivity contribution in [3.8, 4) is 11.5 Å². The van der Waals surface area contributed by atoms with Crippen LogP contribution in [-0.2, 0) is 26.2 Å². The number of nitrogens with one attached hydrogen (secondary N) is 1. The Kier molecular flexibility index (Phi) is 12.8. The molecule has 0 aliphatic heterocycles. The van der Waals surface area contributed by atoms with Gasteiger partial charge in [-0.3, -0.25) is 13.9 Å². The van der Waals surface area contributed by atoms with Gasteiger partial charge in [-0.05, 0) is 92.8 Å². The molecule has 0 radical (unpaired) electrons. The fourth-order valence-electron chi connectivity index (χ4n) is 4.33. The molecule has 3 aromatic rings. The Morgan fingerprint density at radius 2 is 1.56 bits per heavy atom. The molecule has 3 aromatic carbocycles. The van der Waals surface area contributed by atoms with Gasteiger partial charge in [-0.15, -0.1) is 11.8 Å². The second-order valence-corrected chi connectivity index (χ2v) is 12.5. The summed E-state index contributed by atoms with van der Waals surface area (Å²) >= 11 is 1.50. The van der Waals surface area contributed by atoms with E-state index >= 15 is 0 Å². The zero-order valence-corrected chi connectivity index (χ0v) is 27.0. The molecule has 232 valence electrons. The predicted octanol–water partition coefficient (Wildman–Crippen LogP) is 5.34. The Bertz CT molecular complexity index is 1430. The zero-order chi connectivity index (χ0) is 31.4. The summed E-state index contributed by atoms with van der Waals surface area (Å²) in [6.07, 6.45) is 3.63. The van der Waals surface area contributed by atoms with Gasteiger partial charge in [-0.1, -0.05) is 25.5 Å². The summed E-state index contributed by atoms with van der Waals surface area (Å²) in [4.78, 5) is 29.6. The molecule has 43 heavy (non-hydrogen) atoms. The number of anilines is 1. The van der Waals surface area contributed by atoms with Gasteiger partial charge in [0.05, 0.1) is 24.3 Å². The van der Waals surface area contributed by atoms with Crippen molar-refractivity contribution in [2.24, 2.45) is 0 Å². The third-order valence-electron chi connectivity index (χ3n) is 6.87. The summed E-state index contributed by atoms with van der Waals surface area (Å²) in [6, 6.07) is 19.4. The Morgan fingerprint density at radius 3 is 2.12 bits per heavy atom. The van der Waals surface area contributed by atoms with Gasteiger partial charge in [0.1, 0.15) is 24.1 Å². The van der Waals surface area contributed by atoms with Crippen molar-refractivity contribution in [1.29, 1.82) is 0 Å². The van der Waals surface area contributed by atoms with Crippen LogP contribution in [0.15, 0.2) is 82.6 Å². The van der Waals surface area contributed by atoms with Gasteiger partial charge < -0.3 is 19.7 Å². The van der Waals surface area contributed by atoms with Gasteiger partial charge in [-0.2, -0.15) is 0 Å². The van der Waals surface area contributed by atoms with Crippen LogP contribution in [0.25, 0.3) is 0 Å². The highest BCUT2D eigenvalue weighted by Gasteiger charge is 2.32. The van der Waals surface area contributed by atoms with Crippen molar-refractivity contribution in [1.82, 2.24) is 10.2 Å². The lowest BCUT2D eigenvalue weighted by Crippen LogP contribution is -2.51. The van der Waals surface area contributed by atoms with Gasteiger partial charge in [-0.25, -0.2) is 8.42 Å². The van der Waals surface area contributed by atoms with Gasteiger partial charge >= 0.3 is 0 Å². The van der Waals surface area contributed by atoms with Crippen LogP contribution in [-0.4, -0.2) is 64.2 Å². The predicted molar refractivity (Wildman–Crippen MR) is 171 cm³/mol. The second-order valence-electron chi connectivity index (χ2n) is 9.80. The standard InChI is InChI=1S/C32H41N3O6S2/c1-6-8-21-33-32(37)24(3)34(22-25-9-13-27(40-4)14-10-25)31(36)23-35(26-11-15-28(16-12-26)41-7-2)43(38,39)30-19-17-29(42-5)18-20-30/h9-20,24H,6-8,21-23H2,1-5H3,(H,33,37)/t24-/m0/s1. The number of hydrogen-bond donors (Lipinski definition) is 1. The van der Waals surface area contributed by atoms with Crippen LogP contribution in [0.3, 0.4) is 0 Å². The SMILES string of the molecule is CCCCNC(=O)[C@H](C)N(Cc1ccc(OC)cc1)C(=O)CN(c1ccc(OCC)cc1)S(=O)(=O)c1ccc(SC)cc1. The van der Waals surface area contributed by atoms with Crippen LogP contribution in [0.1, 0.15) is 39.2 Å². The fraction of sp³-hybridized carbons (Fsp3) is 0.375. The molecule has 3 rings (SSSR count). The molecule has 0 bridgehead atoms. The highest BCUT2D eigenvalue weighted by atomic mass is 32.2. The van der Waals surface area contributed by atoms with E-state index in [0.717, 1.165) is 27.6 Å². The third-order valence-corrected chi connectivity index (χ3v) is 9.40. The number of rotatable bonds is 16. The van der Waals surface area contributed by atoms with E-state index in [2.05, 4.69) is 5.32 Å². The molecule has 1 N–H and O–H groups in total. The van der Waals surface area contributed by atoms with Crippen molar-refractivity contribution in [3.05, 3.63) is 78.4 Å². The first-order valence-electron chi connectivity index (χ1n) is 14.2. The van der Waals surface area contributed by atoms with Crippen LogP contribution in [0.4, 0.5) is 5.69 Å². The quantitative estimate of drug-likeness (QED) is 0.169. The van der Waals surface area contributed by atoms with E-state index in [1.807, 2.05) is 32.2 Å². The first-order valence-corrected chi connectivity index (χ1v) is 16.9. The number of hydrogen-bond acceptors (Lipinski definition) is 7. The van der Waals surface area contributed by atoms with Crippen LogP contribution in [0, 0.1) is 0 Å². The highest BCUT2D eigenvalue weighted by molar-refractivity contribution is 7.98. The lowest BCUT2D eigenvalue weighted by Gasteiger charge is -2.32. The molecule has 0 spiro atoms. The molecule has 0 aromatic heterocycles. The molecule has 0 saturated heterocycles. The molecule has 0 fully saturated rings. The lowest BCUT2D eigenvalue weighted by atomic mass is 10.1. The Morgan fingerprint density at radius 1 is 0.930 bits per heavy atom. The molecule has 0 unspecified atom stereocenters. The maximum atomic E-state index is 14.1. The van der Waals surface area contributed by atoms with E-state index in [1.165, 1.54) is 28.8 Å². The van der Waals surface area contributed by atoms with E-state index in [0.29, 0.717) is 30.3 Å². The van der Waals surface area contributed by atoms with Crippen LogP contribution in [0.5, 0.6) is 11.5 Å². The molecule has 1 atom stereocenters. The first kappa shape index (κ1) is 33.8. The number of amides is 2. The number of ether oxygens (including phenoxy) is 2. The number of nitrogens with zero attached hydrogens (tertiary/aromatic N) is 2. The number of thioether (sulfide) groups is 1. The second kappa shape index (κ2) is 16.2. The topological polar surface area (TPSA) is 105 Å². The first-order chi connectivity index (χ1) is 20.6. The number of methoxy groups -OCH3 is 1. The largest absolute Gasteiger partial charge is 0.497 e. The minimum absolute atomic E-state index is 0.0547. The molecule has 0 aliphatic rings. The van der Waals surface area contributed by atoms with Crippen LogP contribution in [0.2, 0.25) is 0 Å². The maximum absolute atomic E-state index is 14.1. The van der Waals surface area contributed by atoms with Gasteiger partial charge in [0.2, 0.25) is 11.8 Å². The molecule has 2 amide bonds. The zero-order valence-electron chi connectivity index (χ0n) is 25.4. The summed E-state index contributed by atoms with van der Waals surface area (Å²) in [5.41, 5.74) is 1.07. The van der Waals surface area contributed by atoms with E-state index in [4.69, 9.17) is 9.47 Å². The van der Waals surface area contributed by atoms with Crippen molar-refractivity contribution in [3.63, 3.8) is 0 Å². The third kappa shape index (κ3) is 9.14. The summed E-state index contributed by atoms with van der Waals surface area (Å²) < 4.78 is 39.9. The summed E-state index contributed by atoms with van der Waals surface area (Å²) in [5.74, 6) is 0.413. The molecule has 11 heteroatoms. The van der Waals surface area contributed by atoms with Crippen molar-refractivity contribution in [2.75, 3.05) is 37.4 Å². The Balaban J connectivity index is 2.00. The van der Waals surface area contributed by atoms with E-state index in [1.54, 1.807) is 62.6 Å². The Hall–Kier alpha value is -3.70. The average molecular weight is 628 g/mol. The molecule has 9 nitrogen and oxygen atoms in total. The normalized spacial score (nSPS) is 11.8. The summed E-state index contributed by atoms with van der Waals surface area (Å²) in [5, 5.41) is 2.89. The van der Waals surface area contributed by atoms with Crippen LogP contribution >= 0.6 is 11.8 Å². The molecule has 0 saturated carbocycles. The summed E-state index contributed by atoms with van der Waals surface area (Å²) in [6.45, 7) is 6.08. The van der Waals surface area contributed by atoms with Crippen molar-refractivity contribution in [2.45, 2.75) is 56.0 Å². The Labute approximate surface area is 259 Å². The number of carbonyl (C=O) groups excluding carboxylic acids is 2. The number of sulfonamides is 1. The van der Waals surface area contributed by atoms with Gasteiger partial charge in [0, 0.05) is 18.0 Å². The van der Waals surface area contributed by atoms with E-state index < -0.39 is 28.5 Å². The number of carbonyl (C=O) groups is 2. The minimum Gasteiger partial charge on any atom is -0.497 e. The number of benzene rings is 3. The van der Waals surface area contributed by atoms with Crippen molar-refractivity contribution >= 4 is 39.3 Å². The van der Waals surface area contributed by atoms with Gasteiger partial charge in [0.15, 0.2) is 0 Å². The fourth-order valence-corrected chi connectivity index (χ4v) is 6.15. The average Bonchev–Trinajstić information content (AvgIpc) is 3.03.